The van der Waals surface area contributed by atoms with Gasteiger partial charge in [-0.2, -0.15) is 13.2 Å². The molecule has 0 saturated carbocycles. The van der Waals surface area contributed by atoms with Crippen molar-refractivity contribution in [2.75, 3.05) is 13.1 Å². The molecule has 0 bridgehead atoms. The maximum atomic E-state index is 13.5. The van der Waals surface area contributed by atoms with E-state index >= 15 is 0 Å². The maximum Gasteiger partial charge on any atom is 0.416 e. The summed E-state index contributed by atoms with van der Waals surface area (Å²) in [5.41, 5.74) is 0.114. The Morgan fingerprint density at radius 1 is 1.12 bits per heavy atom. The number of piperidine rings is 1. The van der Waals surface area contributed by atoms with Crippen molar-refractivity contribution in [1.82, 2.24) is 9.47 Å². The molecular formula is C25H23Cl2F3N2O2. The summed E-state index contributed by atoms with van der Waals surface area (Å²) in [5.74, 6) is -0.473. The van der Waals surface area contributed by atoms with Gasteiger partial charge in [0, 0.05) is 31.0 Å². The molecule has 1 fully saturated rings. The molecule has 4 nitrogen and oxygen atoms in total. The quantitative estimate of drug-likeness (QED) is 0.359. The molecule has 2 heterocycles. The molecule has 0 radical (unpaired) electrons. The number of nitrogens with zero attached hydrogens (tertiary/aromatic N) is 2. The zero-order chi connectivity index (χ0) is 24.9. The molecule has 180 valence electrons. The summed E-state index contributed by atoms with van der Waals surface area (Å²) in [5, 5.41) is 0.524. The standard InChI is InChI=1S/C25H23Cl2F3N2O2/c1-13-5-4-8-32(12-13)24(34)16-6-7-18(26)21(22(16)27)23(33)20-11-17-14(2)9-15(25(28,29)30)10-19(17)31(20)3/h6-7,9-11,13H,4-5,8,12H2,1-3H3/t13-/m0/s1. The van der Waals surface area contributed by atoms with Crippen LogP contribution >= 0.6 is 23.2 Å². The number of carbonyl (C=O) groups is 2. The van der Waals surface area contributed by atoms with Crippen molar-refractivity contribution in [3.63, 3.8) is 0 Å². The number of benzene rings is 2. The van der Waals surface area contributed by atoms with E-state index in [1.54, 1.807) is 11.8 Å². The average molecular weight is 511 g/mol. The van der Waals surface area contributed by atoms with Crippen LogP contribution in [-0.4, -0.2) is 34.2 Å². The number of aromatic nitrogens is 1. The van der Waals surface area contributed by atoms with Crippen LogP contribution < -0.4 is 0 Å². The molecule has 0 aliphatic carbocycles. The van der Waals surface area contributed by atoms with Crippen molar-refractivity contribution in [2.24, 2.45) is 13.0 Å². The number of amides is 1. The number of hydrogen-bond acceptors (Lipinski definition) is 2. The van der Waals surface area contributed by atoms with E-state index in [9.17, 15) is 22.8 Å². The average Bonchev–Trinajstić information content (AvgIpc) is 3.10. The van der Waals surface area contributed by atoms with Gasteiger partial charge in [0.05, 0.1) is 32.4 Å². The number of rotatable bonds is 3. The molecule has 0 unspecified atom stereocenters. The van der Waals surface area contributed by atoms with Crippen LogP contribution in [0, 0.1) is 12.8 Å². The molecule has 1 amide bonds. The Kier molecular flexibility index (Phi) is 6.46. The van der Waals surface area contributed by atoms with Crippen molar-refractivity contribution in [1.29, 1.82) is 0 Å². The molecule has 0 N–H and O–H groups in total. The summed E-state index contributed by atoms with van der Waals surface area (Å²) in [6.45, 7) is 4.84. The van der Waals surface area contributed by atoms with E-state index in [-0.39, 0.29) is 38.3 Å². The van der Waals surface area contributed by atoms with E-state index < -0.39 is 17.5 Å². The summed E-state index contributed by atoms with van der Waals surface area (Å²) >= 11 is 12.9. The second kappa shape index (κ2) is 8.93. The lowest BCUT2D eigenvalue weighted by atomic mass is 9.98. The Labute approximate surface area is 205 Å². The van der Waals surface area contributed by atoms with Gasteiger partial charge in [0.2, 0.25) is 5.78 Å². The fourth-order valence-corrected chi connectivity index (χ4v) is 5.21. The number of fused-ring (bicyclic) bond motifs is 1. The van der Waals surface area contributed by atoms with Crippen LogP contribution in [0.15, 0.2) is 30.3 Å². The van der Waals surface area contributed by atoms with Crippen LogP contribution in [0.1, 0.15) is 57.3 Å². The summed E-state index contributed by atoms with van der Waals surface area (Å²) < 4.78 is 41.3. The zero-order valence-electron chi connectivity index (χ0n) is 18.9. The highest BCUT2D eigenvalue weighted by atomic mass is 35.5. The number of carbonyl (C=O) groups excluding carboxylic acids is 2. The summed E-state index contributed by atoms with van der Waals surface area (Å²) in [4.78, 5) is 28.4. The molecule has 1 aliphatic heterocycles. The van der Waals surface area contributed by atoms with E-state index in [4.69, 9.17) is 23.2 Å². The van der Waals surface area contributed by atoms with Crippen molar-refractivity contribution < 1.29 is 22.8 Å². The van der Waals surface area contributed by atoms with Gasteiger partial charge in [-0.15, -0.1) is 0 Å². The Balaban J connectivity index is 1.79. The van der Waals surface area contributed by atoms with Crippen LogP contribution in [0.2, 0.25) is 10.0 Å². The first-order chi connectivity index (χ1) is 15.9. The Bertz CT molecular complexity index is 1310. The SMILES string of the molecule is Cc1cc(C(F)(F)F)cc2c1cc(C(=O)c1c(Cl)ccc(C(=O)N3CCC[C@H](C)C3)c1Cl)n2C. The zero-order valence-corrected chi connectivity index (χ0v) is 20.4. The molecular weight excluding hydrogens is 488 g/mol. The molecule has 4 rings (SSSR count). The number of likely N-dealkylation sites (tertiary alicyclic amines) is 1. The third kappa shape index (κ3) is 4.31. The molecule has 1 aliphatic rings. The molecule has 1 aromatic heterocycles. The molecule has 0 spiro atoms. The highest BCUT2D eigenvalue weighted by molar-refractivity contribution is 6.42. The molecule has 1 saturated heterocycles. The van der Waals surface area contributed by atoms with Crippen LogP contribution in [0.25, 0.3) is 10.9 Å². The second-order valence-electron chi connectivity index (χ2n) is 8.92. The van der Waals surface area contributed by atoms with Gasteiger partial charge in [0.15, 0.2) is 0 Å². The Morgan fingerprint density at radius 3 is 2.47 bits per heavy atom. The smallest absolute Gasteiger partial charge is 0.341 e. The van der Waals surface area contributed by atoms with Gasteiger partial charge in [-0.25, -0.2) is 0 Å². The van der Waals surface area contributed by atoms with Crippen molar-refractivity contribution in [2.45, 2.75) is 32.9 Å². The van der Waals surface area contributed by atoms with Gasteiger partial charge >= 0.3 is 6.18 Å². The molecule has 3 aromatic rings. The van der Waals surface area contributed by atoms with E-state index in [0.717, 1.165) is 25.0 Å². The first-order valence-electron chi connectivity index (χ1n) is 10.9. The fraction of sp³-hybridized carbons (Fsp3) is 0.360. The third-order valence-electron chi connectivity index (χ3n) is 6.42. The summed E-state index contributed by atoms with van der Waals surface area (Å²) in [7, 11) is 1.51. The summed E-state index contributed by atoms with van der Waals surface area (Å²) in [6.07, 6.45) is -2.59. The van der Waals surface area contributed by atoms with Gasteiger partial charge in [0.25, 0.3) is 5.91 Å². The minimum Gasteiger partial charge on any atom is -0.341 e. The highest BCUT2D eigenvalue weighted by Crippen LogP contribution is 2.36. The van der Waals surface area contributed by atoms with Gasteiger partial charge in [-0.3, -0.25) is 9.59 Å². The first-order valence-corrected chi connectivity index (χ1v) is 11.6. The lowest BCUT2D eigenvalue weighted by molar-refractivity contribution is -0.137. The predicted octanol–water partition coefficient (Wildman–Crippen LogP) is 6.92. The number of halogens is 5. The fourth-order valence-electron chi connectivity index (χ4n) is 4.59. The van der Waals surface area contributed by atoms with Crippen LogP contribution in [-0.2, 0) is 13.2 Å². The van der Waals surface area contributed by atoms with E-state index in [1.807, 2.05) is 0 Å². The number of hydrogen-bond donors (Lipinski definition) is 0. The first kappa shape index (κ1) is 24.6. The lowest BCUT2D eigenvalue weighted by Gasteiger charge is -2.31. The number of aryl methyl sites for hydroxylation is 2. The predicted molar refractivity (Wildman–Crippen MR) is 127 cm³/mol. The molecule has 9 heteroatoms. The normalized spacial score (nSPS) is 16.8. The summed E-state index contributed by atoms with van der Waals surface area (Å²) in [6, 6.07) is 6.55. The molecule has 34 heavy (non-hydrogen) atoms. The lowest BCUT2D eigenvalue weighted by Crippen LogP contribution is -2.39. The third-order valence-corrected chi connectivity index (χ3v) is 7.13. The van der Waals surface area contributed by atoms with Crippen LogP contribution in [0.5, 0.6) is 0 Å². The van der Waals surface area contributed by atoms with Crippen molar-refractivity contribution >= 4 is 45.8 Å². The van der Waals surface area contributed by atoms with Gasteiger partial charge in [-0.1, -0.05) is 30.1 Å². The van der Waals surface area contributed by atoms with Crippen molar-refractivity contribution in [3.8, 4) is 0 Å². The minimum absolute atomic E-state index is 0.0427. The van der Waals surface area contributed by atoms with Crippen LogP contribution in [0.4, 0.5) is 13.2 Å². The van der Waals surface area contributed by atoms with E-state index in [1.165, 1.54) is 29.8 Å². The van der Waals surface area contributed by atoms with Gasteiger partial charge in [-0.05, 0) is 61.6 Å². The largest absolute Gasteiger partial charge is 0.416 e. The highest BCUT2D eigenvalue weighted by Gasteiger charge is 2.32. The Hall–Kier alpha value is -2.51. The monoisotopic (exact) mass is 510 g/mol. The number of alkyl halides is 3. The van der Waals surface area contributed by atoms with Crippen LogP contribution in [0.3, 0.4) is 0 Å². The minimum atomic E-state index is -4.51. The second-order valence-corrected chi connectivity index (χ2v) is 9.71. The molecule has 2 aromatic carbocycles. The van der Waals surface area contributed by atoms with Crippen molar-refractivity contribution in [3.05, 3.63) is 68.3 Å². The van der Waals surface area contributed by atoms with Gasteiger partial charge in [0.1, 0.15) is 0 Å². The number of ketones is 1. The van der Waals surface area contributed by atoms with Gasteiger partial charge < -0.3 is 9.47 Å². The van der Waals surface area contributed by atoms with E-state index in [0.29, 0.717) is 30.0 Å². The van der Waals surface area contributed by atoms with E-state index in [2.05, 4.69) is 6.92 Å². The Morgan fingerprint density at radius 2 is 1.82 bits per heavy atom. The molecule has 1 atom stereocenters. The maximum absolute atomic E-state index is 13.5. The topological polar surface area (TPSA) is 42.3 Å².